The molecule has 0 radical (unpaired) electrons. The van der Waals surface area contributed by atoms with Gasteiger partial charge >= 0.3 is 6.03 Å². The van der Waals surface area contributed by atoms with Gasteiger partial charge in [-0.05, 0) is 85.8 Å². The zero-order valence-corrected chi connectivity index (χ0v) is 22.4. The van der Waals surface area contributed by atoms with E-state index in [0.717, 1.165) is 53.0 Å². The summed E-state index contributed by atoms with van der Waals surface area (Å²) in [5.74, 6) is -0.0389. The largest absolute Gasteiger partial charge is 0.348 e. The van der Waals surface area contributed by atoms with Gasteiger partial charge in [0.25, 0.3) is 5.91 Å². The summed E-state index contributed by atoms with van der Waals surface area (Å²) in [6.45, 7) is 8.60. The number of hydrogen-bond donors (Lipinski definition) is 4. The molecule has 4 N–H and O–H groups in total. The highest BCUT2D eigenvalue weighted by Gasteiger charge is 2.23. The Labute approximate surface area is 227 Å². The molecule has 2 aliphatic rings. The molecule has 3 amide bonds. The summed E-state index contributed by atoms with van der Waals surface area (Å²) in [4.78, 5) is 25.1. The topological polar surface area (TPSA) is 100 Å². The molecule has 8 nitrogen and oxygen atoms in total. The Balaban J connectivity index is 1.22. The van der Waals surface area contributed by atoms with Crippen molar-refractivity contribution in [3.8, 4) is 22.4 Å². The molecule has 0 saturated heterocycles. The Hall–Kier alpha value is -4.43. The van der Waals surface area contributed by atoms with Gasteiger partial charge in [-0.2, -0.15) is 5.10 Å². The van der Waals surface area contributed by atoms with Crippen molar-refractivity contribution >= 4 is 23.3 Å². The number of aromatic nitrogens is 2. The molecule has 0 spiro atoms. The minimum Gasteiger partial charge on any atom is -0.348 e. The van der Waals surface area contributed by atoms with Crippen molar-refractivity contribution in [2.45, 2.75) is 45.8 Å². The van der Waals surface area contributed by atoms with Crippen LogP contribution in [0.25, 0.3) is 22.4 Å². The standard InChI is InChI=1S/C31H32N6O2/c1-31(2,3)37-18-27(28(36-37)21-8-7-19-13-14-32-16-22(19)15-21)35-30(39)34-23-11-9-20(10-12-23)24-5-4-6-25-26(24)17-33-29(25)38/h4-12,15,18,32H,13-14,16-17H2,1-3H3,(H,33,38)(H2,34,35,39). The Kier molecular flexibility index (Phi) is 6.19. The van der Waals surface area contributed by atoms with Crippen LogP contribution in [0, 0.1) is 0 Å². The van der Waals surface area contributed by atoms with Crippen molar-refractivity contribution < 1.29 is 9.59 Å². The molecule has 198 valence electrons. The summed E-state index contributed by atoms with van der Waals surface area (Å²) >= 11 is 0. The number of urea groups is 1. The summed E-state index contributed by atoms with van der Waals surface area (Å²) < 4.78 is 1.89. The van der Waals surface area contributed by atoms with E-state index in [1.807, 2.05) is 53.3 Å². The number of benzene rings is 3. The van der Waals surface area contributed by atoms with Gasteiger partial charge in [0.1, 0.15) is 5.69 Å². The van der Waals surface area contributed by atoms with E-state index in [2.05, 4.69) is 60.2 Å². The van der Waals surface area contributed by atoms with Gasteiger partial charge in [-0.1, -0.05) is 36.4 Å². The molecule has 8 heteroatoms. The third-order valence-corrected chi connectivity index (χ3v) is 7.32. The predicted molar refractivity (Wildman–Crippen MR) is 154 cm³/mol. The molecule has 0 atom stereocenters. The predicted octanol–water partition coefficient (Wildman–Crippen LogP) is 5.51. The number of amides is 3. The molecule has 0 aliphatic carbocycles. The van der Waals surface area contributed by atoms with Crippen molar-refractivity contribution in [1.82, 2.24) is 20.4 Å². The fourth-order valence-corrected chi connectivity index (χ4v) is 5.19. The highest BCUT2D eigenvalue weighted by Crippen LogP contribution is 2.32. The molecule has 2 aliphatic heterocycles. The van der Waals surface area contributed by atoms with E-state index in [-0.39, 0.29) is 17.5 Å². The minimum absolute atomic E-state index is 0.0389. The van der Waals surface area contributed by atoms with Gasteiger partial charge < -0.3 is 21.3 Å². The molecule has 0 unspecified atom stereocenters. The number of carbonyl (C=O) groups excluding carboxylic acids is 2. The molecule has 1 aromatic heterocycles. The van der Waals surface area contributed by atoms with Crippen molar-refractivity contribution in [3.63, 3.8) is 0 Å². The number of hydrogen-bond acceptors (Lipinski definition) is 4. The third kappa shape index (κ3) is 4.91. The number of nitrogens with zero attached hydrogens (tertiary/aromatic N) is 2. The fraction of sp³-hybridized carbons (Fsp3) is 0.258. The van der Waals surface area contributed by atoms with Crippen LogP contribution in [0.15, 0.2) is 66.9 Å². The average Bonchev–Trinajstić information content (AvgIpc) is 3.53. The van der Waals surface area contributed by atoms with E-state index < -0.39 is 0 Å². The Morgan fingerprint density at radius 2 is 1.69 bits per heavy atom. The molecule has 0 bridgehead atoms. The van der Waals surface area contributed by atoms with E-state index in [1.54, 1.807) is 0 Å². The summed E-state index contributed by atoms with van der Waals surface area (Å²) in [5, 5.41) is 17.1. The Bertz CT molecular complexity index is 1580. The van der Waals surface area contributed by atoms with Gasteiger partial charge in [-0.3, -0.25) is 9.48 Å². The first kappa shape index (κ1) is 24.9. The van der Waals surface area contributed by atoms with Crippen LogP contribution in [0.2, 0.25) is 0 Å². The Morgan fingerprint density at radius 1 is 0.923 bits per heavy atom. The average molecular weight is 521 g/mol. The molecule has 6 rings (SSSR count). The zero-order valence-electron chi connectivity index (χ0n) is 22.4. The first-order chi connectivity index (χ1) is 18.8. The van der Waals surface area contributed by atoms with Crippen molar-refractivity contribution in [2.24, 2.45) is 0 Å². The normalized spacial score (nSPS) is 14.4. The summed E-state index contributed by atoms with van der Waals surface area (Å²) in [6, 6.07) is 19.5. The van der Waals surface area contributed by atoms with Crippen LogP contribution in [0.5, 0.6) is 0 Å². The van der Waals surface area contributed by atoms with E-state index in [9.17, 15) is 9.59 Å². The molecule has 0 saturated carbocycles. The van der Waals surface area contributed by atoms with Gasteiger partial charge in [0.2, 0.25) is 0 Å². The van der Waals surface area contributed by atoms with Gasteiger partial charge in [0.05, 0.1) is 11.2 Å². The molecule has 3 heterocycles. The van der Waals surface area contributed by atoms with Crippen molar-refractivity contribution in [1.29, 1.82) is 0 Å². The zero-order chi connectivity index (χ0) is 27.1. The lowest BCUT2D eigenvalue weighted by Gasteiger charge is -2.19. The number of rotatable bonds is 4. The lowest BCUT2D eigenvalue weighted by atomic mass is 9.97. The van der Waals surface area contributed by atoms with Crippen LogP contribution < -0.4 is 21.3 Å². The van der Waals surface area contributed by atoms with Crippen LogP contribution in [0.1, 0.15) is 47.8 Å². The van der Waals surface area contributed by atoms with E-state index >= 15 is 0 Å². The molecular weight excluding hydrogens is 488 g/mol. The second-order valence-corrected chi connectivity index (χ2v) is 11.1. The second-order valence-electron chi connectivity index (χ2n) is 11.1. The van der Waals surface area contributed by atoms with E-state index in [0.29, 0.717) is 17.9 Å². The van der Waals surface area contributed by atoms with E-state index in [4.69, 9.17) is 5.10 Å². The quantitative estimate of drug-likeness (QED) is 0.285. The number of anilines is 2. The highest BCUT2D eigenvalue weighted by atomic mass is 16.2. The number of fused-ring (bicyclic) bond motifs is 2. The second kappa shape index (κ2) is 9.71. The monoisotopic (exact) mass is 520 g/mol. The summed E-state index contributed by atoms with van der Waals surface area (Å²) in [5.41, 5.74) is 9.14. The van der Waals surface area contributed by atoms with Crippen molar-refractivity contribution in [2.75, 3.05) is 17.2 Å². The van der Waals surface area contributed by atoms with Crippen molar-refractivity contribution in [3.05, 3.63) is 89.1 Å². The Morgan fingerprint density at radius 3 is 2.49 bits per heavy atom. The first-order valence-electron chi connectivity index (χ1n) is 13.3. The fourth-order valence-electron chi connectivity index (χ4n) is 5.19. The molecule has 4 aromatic rings. The summed E-state index contributed by atoms with van der Waals surface area (Å²) in [6.07, 6.45) is 2.90. The molecule has 0 fully saturated rings. The van der Waals surface area contributed by atoms with Crippen LogP contribution in [0.4, 0.5) is 16.2 Å². The van der Waals surface area contributed by atoms with Crippen LogP contribution in [0.3, 0.4) is 0 Å². The SMILES string of the molecule is CC(C)(C)n1cc(NC(=O)Nc2ccc(-c3cccc4c3CNC4=O)cc2)c(-c2ccc3c(c2)CNCC3)n1. The maximum Gasteiger partial charge on any atom is 0.323 e. The molecular formula is C31H32N6O2. The maximum atomic E-state index is 13.1. The lowest BCUT2D eigenvalue weighted by Crippen LogP contribution is -2.23. The summed E-state index contributed by atoms with van der Waals surface area (Å²) in [7, 11) is 0. The smallest absolute Gasteiger partial charge is 0.323 e. The lowest BCUT2D eigenvalue weighted by molar-refractivity contribution is 0.0965. The van der Waals surface area contributed by atoms with Crippen LogP contribution >= 0.6 is 0 Å². The van der Waals surface area contributed by atoms with Gasteiger partial charge in [-0.15, -0.1) is 0 Å². The van der Waals surface area contributed by atoms with E-state index in [1.165, 1.54) is 11.1 Å². The maximum absolute atomic E-state index is 13.1. The van der Waals surface area contributed by atoms with Gasteiger partial charge in [0.15, 0.2) is 0 Å². The third-order valence-electron chi connectivity index (χ3n) is 7.32. The minimum atomic E-state index is -0.340. The first-order valence-corrected chi connectivity index (χ1v) is 13.3. The highest BCUT2D eigenvalue weighted by molar-refractivity contribution is 6.02. The van der Waals surface area contributed by atoms with Crippen LogP contribution in [-0.2, 0) is 25.0 Å². The number of nitrogens with one attached hydrogen (secondary N) is 4. The molecule has 39 heavy (non-hydrogen) atoms. The van der Waals surface area contributed by atoms with Crippen LogP contribution in [-0.4, -0.2) is 28.3 Å². The number of carbonyl (C=O) groups is 2. The van der Waals surface area contributed by atoms with Gasteiger partial charge in [0, 0.05) is 36.1 Å². The molecule has 3 aromatic carbocycles. The van der Waals surface area contributed by atoms with Gasteiger partial charge in [-0.25, -0.2) is 4.79 Å².